The first-order chi connectivity index (χ1) is 15.5. The van der Waals surface area contributed by atoms with Gasteiger partial charge in [0.1, 0.15) is 5.75 Å². The number of rotatable bonds is 6. The Balaban J connectivity index is 1.65. The van der Waals surface area contributed by atoms with E-state index < -0.39 is 5.97 Å². The highest BCUT2D eigenvalue weighted by atomic mass is 16.5. The summed E-state index contributed by atoms with van der Waals surface area (Å²) in [6.07, 6.45) is 0.596. The molecule has 0 N–H and O–H groups in total. The van der Waals surface area contributed by atoms with Crippen LogP contribution in [0.3, 0.4) is 0 Å². The second-order valence-electron chi connectivity index (χ2n) is 7.68. The first-order valence-corrected chi connectivity index (χ1v) is 10.9. The minimum absolute atomic E-state index is 0.0865. The van der Waals surface area contributed by atoms with E-state index in [0.717, 1.165) is 28.3 Å². The molecule has 1 aromatic heterocycles. The van der Waals surface area contributed by atoms with Gasteiger partial charge in [-0.05, 0) is 57.2 Å². The normalized spacial score (nSPS) is 12.9. The molecule has 2 aromatic carbocycles. The van der Waals surface area contributed by atoms with Crippen LogP contribution in [-0.4, -0.2) is 46.3 Å². The zero-order valence-electron chi connectivity index (χ0n) is 18.6. The van der Waals surface area contributed by atoms with Crippen molar-refractivity contribution < 1.29 is 19.1 Å². The molecule has 0 radical (unpaired) electrons. The van der Waals surface area contributed by atoms with Gasteiger partial charge in [-0.25, -0.2) is 9.48 Å². The molecule has 1 amide bonds. The van der Waals surface area contributed by atoms with Gasteiger partial charge in [0.2, 0.25) is 0 Å². The molecular formula is C25H27N3O4. The summed E-state index contributed by atoms with van der Waals surface area (Å²) in [7, 11) is 0. The second kappa shape index (κ2) is 9.26. The van der Waals surface area contributed by atoms with Crippen LogP contribution in [0.2, 0.25) is 0 Å². The number of carbonyl (C=O) groups excluding carboxylic acids is 2. The SMILES string of the molecule is CCOC(=O)c1nn(-c2ccc(C)cc2)c2c1CN(C(=O)c1ccc(OCC)cc1)CC2. The topological polar surface area (TPSA) is 73.7 Å². The quantitative estimate of drug-likeness (QED) is 0.550. The number of hydrogen-bond acceptors (Lipinski definition) is 5. The number of ether oxygens (including phenoxy) is 2. The minimum atomic E-state index is -0.468. The molecule has 0 atom stereocenters. The van der Waals surface area contributed by atoms with E-state index in [4.69, 9.17) is 9.47 Å². The van der Waals surface area contributed by atoms with Crippen LogP contribution >= 0.6 is 0 Å². The predicted molar refractivity (Wildman–Crippen MR) is 120 cm³/mol. The van der Waals surface area contributed by atoms with E-state index in [-0.39, 0.29) is 18.2 Å². The molecule has 0 aliphatic carbocycles. The molecule has 1 aliphatic rings. The Morgan fingerprint density at radius 2 is 1.72 bits per heavy atom. The van der Waals surface area contributed by atoms with Crippen molar-refractivity contribution in [1.82, 2.24) is 14.7 Å². The maximum absolute atomic E-state index is 13.1. The smallest absolute Gasteiger partial charge is 0.359 e. The third-order valence-corrected chi connectivity index (χ3v) is 5.50. The average Bonchev–Trinajstić information content (AvgIpc) is 3.19. The molecule has 166 valence electrons. The van der Waals surface area contributed by atoms with E-state index in [0.29, 0.717) is 31.7 Å². The van der Waals surface area contributed by atoms with Gasteiger partial charge >= 0.3 is 5.97 Å². The number of benzene rings is 2. The number of fused-ring (bicyclic) bond motifs is 1. The molecule has 32 heavy (non-hydrogen) atoms. The lowest BCUT2D eigenvalue weighted by atomic mass is 10.0. The van der Waals surface area contributed by atoms with Crippen LogP contribution in [0.15, 0.2) is 48.5 Å². The van der Waals surface area contributed by atoms with Crippen molar-refractivity contribution in [3.05, 3.63) is 76.6 Å². The number of nitrogens with zero attached hydrogens (tertiary/aromatic N) is 3. The number of hydrogen-bond donors (Lipinski definition) is 0. The van der Waals surface area contributed by atoms with Gasteiger partial charge in [-0.15, -0.1) is 0 Å². The molecule has 1 aliphatic heterocycles. The largest absolute Gasteiger partial charge is 0.494 e. The van der Waals surface area contributed by atoms with Crippen LogP contribution in [0.1, 0.15) is 51.5 Å². The number of aryl methyl sites for hydroxylation is 1. The third-order valence-electron chi connectivity index (χ3n) is 5.50. The number of aromatic nitrogens is 2. The standard InChI is InChI=1S/C25H27N3O4/c1-4-31-20-12-8-18(9-13-20)24(29)27-15-14-22-21(16-27)23(25(30)32-5-2)26-28(22)19-10-6-17(3)7-11-19/h6-13H,4-5,14-16H2,1-3H3. The Kier molecular flexibility index (Phi) is 6.25. The zero-order valence-corrected chi connectivity index (χ0v) is 18.6. The molecular weight excluding hydrogens is 406 g/mol. The van der Waals surface area contributed by atoms with Gasteiger partial charge in [-0.1, -0.05) is 17.7 Å². The van der Waals surface area contributed by atoms with Gasteiger partial charge < -0.3 is 14.4 Å². The fourth-order valence-electron chi connectivity index (χ4n) is 3.90. The third kappa shape index (κ3) is 4.23. The lowest BCUT2D eigenvalue weighted by Gasteiger charge is -2.28. The monoisotopic (exact) mass is 433 g/mol. The summed E-state index contributed by atoms with van der Waals surface area (Å²) in [5.74, 6) is 0.176. The lowest BCUT2D eigenvalue weighted by Crippen LogP contribution is -2.36. The van der Waals surface area contributed by atoms with Gasteiger partial charge in [0.15, 0.2) is 5.69 Å². The van der Waals surface area contributed by atoms with E-state index >= 15 is 0 Å². The zero-order chi connectivity index (χ0) is 22.7. The van der Waals surface area contributed by atoms with E-state index in [1.54, 1.807) is 40.8 Å². The molecule has 0 bridgehead atoms. The van der Waals surface area contributed by atoms with Crippen LogP contribution in [0.25, 0.3) is 5.69 Å². The summed E-state index contributed by atoms with van der Waals surface area (Å²) in [5.41, 5.74) is 4.57. The van der Waals surface area contributed by atoms with Crippen molar-refractivity contribution in [3.8, 4) is 11.4 Å². The van der Waals surface area contributed by atoms with Crippen molar-refractivity contribution in [2.24, 2.45) is 0 Å². The lowest BCUT2D eigenvalue weighted by molar-refractivity contribution is 0.0513. The maximum Gasteiger partial charge on any atom is 0.359 e. The van der Waals surface area contributed by atoms with E-state index in [9.17, 15) is 9.59 Å². The first-order valence-electron chi connectivity index (χ1n) is 10.9. The molecule has 2 heterocycles. The molecule has 0 saturated carbocycles. The highest BCUT2D eigenvalue weighted by Gasteiger charge is 2.31. The van der Waals surface area contributed by atoms with Crippen molar-refractivity contribution in [3.63, 3.8) is 0 Å². The van der Waals surface area contributed by atoms with Crippen LogP contribution in [0.5, 0.6) is 5.75 Å². The molecule has 4 rings (SSSR count). The van der Waals surface area contributed by atoms with Crippen LogP contribution < -0.4 is 4.74 Å². The maximum atomic E-state index is 13.1. The summed E-state index contributed by atoms with van der Waals surface area (Å²) < 4.78 is 12.5. The molecule has 0 spiro atoms. The van der Waals surface area contributed by atoms with Crippen molar-refractivity contribution in [1.29, 1.82) is 0 Å². The van der Waals surface area contributed by atoms with Gasteiger partial charge in [-0.3, -0.25) is 4.79 Å². The molecule has 0 fully saturated rings. The molecule has 3 aromatic rings. The van der Waals surface area contributed by atoms with Gasteiger partial charge in [0.25, 0.3) is 5.91 Å². The Morgan fingerprint density at radius 3 is 2.38 bits per heavy atom. The summed E-state index contributed by atoms with van der Waals surface area (Å²) in [4.78, 5) is 27.5. The van der Waals surface area contributed by atoms with Gasteiger partial charge in [0.05, 0.1) is 31.1 Å². The molecule has 0 saturated heterocycles. The van der Waals surface area contributed by atoms with Crippen LogP contribution in [0.4, 0.5) is 0 Å². The van der Waals surface area contributed by atoms with Crippen LogP contribution in [-0.2, 0) is 17.7 Å². The van der Waals surface area contributed by atoms with Crippen molar-refractivity contribution >= 4 is 11.9 Å². The fourth-order valence-corrected chi connectivity index (χ4v) is 3.90. The Labute approximate surface area is 187 Å². The summed E-state index contributed by atoms with van der Waals surface area (Å²) in [6.45, 7) is 7.39. The van der Waals surface area contributed by atoms with E-state index in [1.165, 1.54) is 0 Å². The highest BCUT2D eigenvalue weighted by Crippen LogP contribution is 2.27. The second-order valence-corrected chi connectivity index (χ2v) is 7.68. The van der Waals surface area contributed by atoms with E-state index in [1.807, 2.05) is 38.1 Å². The summed E-state index contributed by atoms with van der Waals surface area (Å²) >= 11 is 0. The van der Waals surface area contributed by atoms with Gasteiger partial charge in [0, 0.05) is 24.1 Å². The van der Waals surface area contributed by atoms with Crippen molar-refractivity contribution in [2.75, 3.05) is 19.8 Å². The number of esters is 1. The minimum Gasteiger partial charge on any atom is -0.494 e. The summed E-state index contributed by atoms with van der Waals surface area (Å²) in [5, 5.41) is 4.60. The summed E-state index contributed by atoms with van der Waals surface area (Å²) in [6, 6.07) is 15.1. The highest BCUT2D eigenvalue weighted by molar-refractivity contribution is 5.95. The fraction of sp³-hybridized carbons (Fsp3) is 0.320. The Morgan fingerprint density at radius 1 is 1.00 bits per heavy atom. The van der Waals surface area contributed by atoms with E-state index in [2.05, 4.69) is 5.10 Å². The van der Waals surface area contributed by atoms with Crippen molar-refractivity contribution in [2.45, 2.75) is 33.7 Å². The predicted octanol–water partition coefficient (Wildman–Crippen LogP) is 3.95. The molecule has 7 nitrogen and oxygen atoms in total. The van der Waals surface area contributed by atoms with Crippen LogP contribution in [0, 0.1) is 6.92 Å². The van der Waals surface area contributed by atoms with Gasteiger partial charge in [-0.2, -0.15) is 5.10 Å². The first kappa shape index (κ1) is 21.6. The number of amides is 1. The molecule has 7 heteroatoms. The molecule has 0 unspecified atom stereocenters. The Hall–Kier alpha value is -3.61. The number of carbonyl (C=O) groups is 2. The average molecular weight is 434 g/mol. The Bertz CT molecular complexity index is 1120.